The van der Waals surface area contributed by atoms with Gasteiger partial charge >= 0.3 is 0 Å². The molecule has 1 heterocycles. The van der Waals surface area contributed by atoms with Gasteiger partial charge in [-0.3, -0.25) is 4.98 Å². The first-order chi connectivity index (χ1) is 12.8. The van der Waals surface area contributed by atoms with E-state index in [9.17, 15) is 4.57 Å². The molecule has 0 aliphatic rings. The Morgan fingerprint density at radius 2 is 1.56 bits per heavy atom. The maximum Gasteiger partial charge on any atom is 0.189 e. The van der Waals surface area contributed by atoms with Crippen LogP contribution in [0, 0.1) is 6.92 Å². The minimum Gasteiger partial charge on any atom is -0.307 e. The zero-order chi connectivity index (χ0) is 19.5. The van der Waals surface area contributed by atoms with Crippen molar-refractivity contribution in [1.29, 1.82) is 0 Å². The lowest BCUT2D eigenvalue weighted by molar-refractivity contribution is 0.592. The summed E-state index contributed by atoms with van der Waals surface area (Å²) in [5, 5.41) is 1.67. The summed E-state index contributed by atoms with van der Waals surface area (Å²) in [6, 6.07) is 21.7. The molecule has 1 unspecified atom stereocenters. The molecule has 0 N–H and O–H groups in total. The Balaban J connectivity index is 2.31. The molecule has 0 fully saturated rings. The molecule has 0 spiro atoms. The van der Waals surface area contributed by atoms with Gasteiger partial charge in [0.2, 0.25) is 0 Å². The standard InChI is InChI=1S/C23H26NOPSi/c1-19-11-10-17-24-23(19)26(25,21-13-6-5-7-14-21)22-15-9-8-12-20(22)16-18-27(2,3)4/h5-18H,1-4H3/b18-16+. The summed E-state index contributed by atoms with van der Waals surface area (Å²) in [5.41, 5.74) is 4.93. The van der Waals surface area contributed by atoms with Gasteiger partial charge in [0.25, 0.3) is 0 Å². The minimum absolute atomic E-state index is 0.671. The van der Waals surface area contributed by atoms with Crippen LogP contribution in [-0.4, -0.2) is 13.1 Å². The van der Waals surface area contributed by atoms with E-state index in [0.29, 0.717) is 5.44 Å². The topological polar surface area (TPSA) is 30.0 Å². The van der Waals surface area contributed by atoms with E-state index >= 15 is 0 Å². The van der Waals surface area contributed by atoms with Crippen molar-refractivity contribution in [1.82, 2.24) is 4.98 Å². The third-order valence-corrected chi connectivity index (χ3v) is 8.78. The van der Waals surface area contributed by atoms with Crippen molar-refractivity contribution in [3.63, 3.8) is 0 Å². The number of aryl methyl sites for hydroxylation is 1. The lowest BCUT2D eigenvalue weighted by Gasteiger charge is -2.22. The largest absolute Gasteiger partial charge is 0.307 e. The Kier molecular flexibility index (Phi) is 5.64. The first-order valence-corrected chi connectivity index (χ1v) is 14.5. The minimum atomic E-state index is -3.08. The second kappa shape index (κ2) is 7.80. The van der Waals surface area contributed by atoms with E-state index < -0.39 is 15.2 Å². The first kappa shape index (κ1) is 19.5. The van der Waals surface area contributed by atoms with Crippen LogP contribution in [0.2, 0.25) is 19.6 Å². The molecule has 2 aromatic carbocycles. The van der Waals surface area contributed by atoms with Crippen molar-refractivity contribution in [3.8, 4) is 0 Å². The van der Waals surface area contributed by atoms with Gasteiger partial charge in [0.15, 0.2) is 7.14 Å². The van der Waals surface area contributed by atoms with E-state index in [2.05, 4.69) is 42.5 Å². The number of aromatic nitrogens is 1. The van der Waals surface area contributed by atoms with Gasteiger partial charge in [-0.25, -0.2) is 0 Å². The second-order valence-electron chi connectivity index (χ2n) is 7.85. The molecule has 138 valence electrons. The van der Waals surface area contributed by atoms with Crippen LogP contribution >= 0.6 is 7.14 Å². The maximum absolute atomic E-state index is 14.7. The number of hydrogen-bond donors (Lipinski definition) is 0. The molecule has 0 radical (unpaired) electrons. The van der Waals surface area contributed by atoms with E-state index in [1.165, 1.54) is 0 Å². The molecule has 0 aliphatic heterocycles. The van der Waals surface area contributed by atoms with Gasteiger partial charge in [-0.2, -0.15) is 0 Å². The molecule has 1 atom stereocenters. The van der Waals surface area contributed by atoms with Crippen molar-refractivity contribution >= 4 is 37.3 Å². The SMILES string of the molecule is Cc1cccnc1P(=O)(c1ccccc1)c1ccccc1/C=C/[Si](C)(C)C. The number of hydrogen-bond acceptors (Lipinski definition) is 2. The Morgan fingerprint density at radius 1 is 0.889 bits per heavy atom. The molecule has 0 bridgehead atoms. The average molecular weight is 392 g/mol. The summed E-state index contributed by atoms with van der Waals surface area (Å²) in [4.78, 5) is 4.57. The van der Waals surface area contributed by atoms with Crippen molar-refractivity contribution in [2.75, 3.05) is 0 Å². The predicted octanol–water partition coefficient (Wildman–Crippen LogP) is 4.92. The number of benzene rings is 2. The Labute approximate surface area is 163 Å². The van der Waals surface area contributed by atoms with Crippen molar-refractivity contribution in [3.05, 3.63) is 89.8 Å². The zero-order valence-corrected chi connectivity index (χ0v) is 18.3. The van der Waals surface area contributed by atoms with Crippen LogP contribution in [0.25, 0.3) is 6.08 Å². The molecule has 3 rings (SSSR count). The van der Waals surface area contributed by atoms with Gasteiger partial charge in [-0.1, -0.05) is 92.1 Å². The van der Waals surface area contributed by atoms with Gasteiger partial charge in [-0.15, -0.1) is 0 Å². The van der Waals surface area contributed by atoms with Crippen LogP contribution in [0.1, 0.15) is 11.1 Å². The van der Waals surface area contributed by atoms with Crippen molar-refractivity contribution < 1.29 is 4.57 Å². The molecule has 0 saturated heterocycles. The monoisotopic (exact) mass is 391 g/mol. The van der Waals surface area contributed by atoms with Crippen LogP contribution in [-0.2, 0) is 4.57 Å². The molecular formula is C23H26NOPSi. The molecule has 0 aliphatic carbocycles. The maximum atomic E-state index is 14.7. The lowest BCUT2D eigenvalue weighted by Crippen LogP contribution is -2.30. The Bertz CT molecular complexity index is 1010. The third-order valence-electron chi connectivity index (χ3n) is 4.44. The van der Waals surface area contributed by atoms with Crippen LogP contribution in [0.4, 0.5) is 0 Å². The lowest BCUT2D eigenvalue weighted by atomic mass is 10.2. The van der Waals surface area contributed by atoms with Crippen molar-refractivity contribution in [2.45, 2.75) is 26.6 Å². The smallest absolute Gasteiger partial charge is 0.189 e. The molecular weight excluding hydrogens is 365 g/mol. The fourth-order valence-corrected chi connectivity index (χ4v) is 6.71. The highest BCUT2D eigenvalue weighted by Crippen LogP contribution is 2.43. The van der Waals surface area contributed by atoms with Crippen LogP contribution in [0.3, 0.4) is 0 Å². The van der Waals surface area contributed by atoms with Crippen LogP contribution in [0.15, 0.2) is 78.6 Å². The quantitative estimate of drug-likeness (QED) is 0.456. The fraction of sp³-hybridized carbons (Fsp3) is 0.174. The van der Waals surface area contributed by atoms with E-state index in [1.807, 2.05) is 67.6 Å². The normalized spacial score (nSPS) is 14.2. The summed E-state index contributed by atoms with van der Waals surface area (Å²) in [6.45, 7) is 8.88. The number of nitrogens with zero attached hydrogens (tertiary/aromatic N) is 1. The molecule has 2 nitrogen and oxygen atoms in total. The predicted molar refractivity (Wildman–Crippen MR) is 121 cm³/mol. The second-order valence-corrected chi connectivity index (χ2v) is 15.6. The van der Waals surface area contributed by atoms with E-state index in [1.54, 1.807) is 6.20 Å². The van der Waals surface area contributed by atoms with Gasteiger partial charge in [-0.05, 0) is 24.1 Å². The summed E-state index contributed by atoms with van der Waals surface area (Å²) in [7, 11) is -4.46. The molecule has 0 amide bonds. The molecule has 3 aromatic rings. The summed E-state index contributed by atoms with van der Waals surface area (Å²) < 4.78 is 14.7. The molecule has 0 saturated carbocycles. The first-order valence-electron chi connectivity index (χ1n) is 9.19. The highest BCUT2D eigenvalue weighted by molar-refractivity contribution is 7.85. The zero-order valence-electron chi connectivity index (χ0n) is 16.4. The fourth-order valence-electron chi connectivity index (χ4n) is 3.08. The van der Waals surface area contributed by atoms with Gasteiger partial charge in [0.05, 0.1) is 8.07 Å². The summed E-state index contributed by atoms with van der Waals surface area (Å²) >= 11 is 0. The number of rotatable bonds is 5. The molecule has 4 heteroatoms. The highest BCUT2D eigenvalue weighted by atomic mass is 31.2. The molecule has 1 aromatic heterocycles. The van der Waals surface area contributed by atoms with Gasteiger partial charge in [0, 0.05) is 16.8 Å². The summed E-state index contributed by atoms with van der Waals surface area (Å²) in [6.07, 6.45) is 3.88. The van der Waals surface area contributed by atoms with Crippen molar-refractivity contribution in [2.24, 2.45) is 0 Å². The van der Waals surface area contributed by atoms with Crippen LogP contribution in [0.5, 0.6) is 0 Å². The van der Waals surface area contributed by atoms with E-state index in [0.717, 1.165) is 21.7 Å². The Morgan fingerprint density at radius 3 is 2.22 bits per heavy atom. The van der Waals surface area contributed by atoms with Crippen LogP contribution < -0.4 is 16.0 Å². The number of pyridine rings is 1. The van der Waals surface area contributed by atoms with E-state index in [4.69, 9.17) is 0 Å². The molecule has 27 heavy (non-hydrogen) atoms. The highest BCUT2D eigenvalue weighted by Gasteiger charge is 2.34. The van der Waals surface area contributed by atoms with Gasteiger partial charge in [0.1, 0.15) is 5.44 Å². The van der Waals surface area contributed by atoms with Gasteiger partial charge < -0.3 is 4.57 Å². The Hall–Kier alpha value is -2.22. The third kappa shape index (κ3) is 4.21. The van der Waals surface area contributed by atoms with E-state index in [-0.39, 0.29) is 0 Å². The summed E-state index contributed by atoms with van der Waals surface area (Å²) in [5.74, 6) is 0. The average Bonchev–Trinajstić information content (AvgIpc) is 2.66.